The Labute approximate surface area is 91.5 Å². The number of hydrazine groups is 1. The van der Waals surface area contributed by atoms with E-state index in [0.29, 0.717) is 11.3 Å². The normalized spacial score (nSPS) is 9.81. The number of carbonyl (C=O) groups is 1. The van der Waals surface area contributed by atoms with Crippen LogP contribution >= 0.6 is 0 Å². The molecular formula is C9H10N6O. The molecule has 7 heteroatoms. The predicted molar refractivity (Wildman–Crippen MR) is 56.3 cm³/mol. The molecule has 0 unspecified atom stereocenters. The van der Waals surface area contributed by atoms with Gasteiger partial charge in [-0.2, -0.15) is 5.10 Å². The topological polar surface area (TPSA) is 84.7 Å². The number of rotatable bonds is 3. The van der Waals surface area contributed by atoms with Crippen LogP contribution in [0.25, 0.3) is 0 Å². The minimum Gasteiger partial charge on any atom is -0.295 e. The highest BCUT2D eigenvalue weighted by molar-refractivity contribution is 5.94. The van der Waals surface area contributed by atoms with Crippen molar-refractivity contribution in [1.29, 1.82) is 0 Å². The number of aromatic nitrogens is 4. The summed E-state index contributed by atoms with van der Waals surface area (Å²) < 4.78 is 1.63. The van der Waals surface area contributed by atoms with Crippen LogP contribution in [0.15, 0.2) is 31.1 Å². The summed E-state index contributed by atoms with van der Waals surface area (Å²) in [5.74, 6) is -0.301. The predicted octanol–water partition coefficient (Wildman–Crippen LogP) is -0.0330. The summed E-state index contributed by atoms with van der Waals surface area (Å²) in [5.41, 5.74) is 6.32. The Kier molecular flexibility index (Phi) is 2.77. The molecule has 82 valence electrons. The first kappa shape index (κ1) is 10.1. The quantitative estimate of drug-likeness (QED) is 0.706. The van der Waals surface area contributed by atoms with Gasteiger partial charge in [0.05, 0.1) is 17.4 Å². The SMILES string of the molecule is Cn1cc(NNC(=O)c2cncnc2)cn1. The highest BCUT2D eigenvalue weighted by atomic mass is 16.2. The zero-order valence-corrected chi connectivity index (χ0v) is 8.58. The number of anilines is 1. The summed E-state index contributed by atoms with van der Waals surface area (Å²) in [6.07, 6.45) is 7.58. The fourth-order valence-electron chi connectivity index (χ4n) is 1.10. The highest BCUT2D eigenvalue weighted by Gasteiger charge is 2.04. The lowest BCUT2D eigenvalue weighted by Gasteiger charge is -2.04. The molecule has 0 aliphatic carbocycles. The third-order valence-electron chi connectivity index (χ3n) is 1.85. The van der Waals surface area contributed by atoms with Crippen LogP contribution in [0.5, 0.6) is 0 Å². The van der Waals surface area contributed by atoms with Crippen LogP contribution < -0.4 is 10.9 Å². The van der Waals surface area contributed by atoms with Crippen molar-refractivity contribution in [3.05, 3.63) is 36.7 Å². The molecule has 0 spiro atoms. The number of nitrogens with one attached hydrogen (secondary N) is 2. The van der Waals surface area contributed by atoms with Gasteiger partial charge in [-0.25, -0.2) is 9.97 Å². The molecule has 0 aliphatic heterocycles. The van der Waals surface area contributed by atoms with Gasteiger partial charge in [0.2, 0.25) is 0 Å². The van der Waals surface area contributed by atoms with Crippen molar-refractivity contribution < 1.29 is 4.79 Å². The van der Waals surface area contributed by atoms with Gasteiger partial charge < -0.3 is 0 Å². The third-order valence-corrected chi connectivity index (χ3v) is 1.85. The minimum absolute atomic E-state index is 0.301. The van der Waals surface area contributed by atoms with Crippen LogP contribution in [0.2, 0.25) is 0 Å². The van der Waals surface area contributed by atoms with Crippen LogP contribution in [0, 0.1) is 0 Å². The molecule has 2 rings (SSSR count). The molecule has 2 aromatic rings. The Hall–Kier alpha value is -2.44. The molecule has 16 heavy (non-hydrogen) atoms. The average molecular weight is 218 g/mol. The van der Waals surface area contributed by atoms with Crippen molar-refractivity contribution in [3.8, 4) is 0 Å². The summed E-state index contributed by atoms with van der Waals surface area (Å²) in [6, 6.07) is 0. The number of hydrogen-bond donors (Lipinski definition) is 2. The van der Waals surface area contributed by atoms with Crippen molar-refractivity contribution in [2.45, 2.75) is 0 Å². The van der Waals surface area contributed by atoms with Crippen molar-refractivity contribution in [1.82, 2.24) is 25.2 Å². The standard InChI is InChI=1S/C9H10N6O/c1-15-5-8(4-12-15)13-14-9(16)7-2-10-6-11-3-7/h2-6,13H,1H3,(H,14,16). The van der Waals surface area contributed by atoms with E-state index in [-0.39, 0.29) is 5.91 Å². The maximum atomic E-state index is 11.5. The second-order valence-corrected chi connectivity index (χ2v) is 3.11. The molecule has 0 aliphatic rings. The van der Waals surface area contributed by atoms with Crippen molar-refractivity contribution >= 4 is 11.6 Å². The van der Waals surface area contributed by atoms with E-state index in [1.165, 1.54) is 18.7 Å². The lowest BCUT2D eigenvalue weighted by Crippen LogP contribution is -2.29. The molecule has 0 bridgehead atoms. The van der Waals surface area contributed by atoms with E-state index in [4.69, 9.17) is 0 Å². The molecule has 0 saturated carbocycles. The average Bonchev–Trinajstić information content (AvgIpc) is 2.73. The molecule has 0 aromatic carbocycles. The largest absolute Gasteiger partial charge is 0.295 e. The molecule has 0 saturated heterocycles. The lowest BCUT2D eigenvalue weighted by atomic mass is 10.3. The molecule has 7 nitrogen and oxygen atoms in total. The number of hydrogen-bond acceptors (Lipinski definition) is 5. The summed E-state index contributed by atoms with van der Waals surface area (Å²) in [4.78, 5) is 19.0. The maximum absolute atomic E-state index is 11.5. The van der Waals surface area contributed by atoms with E-state index in [2.05, 4.69) is 25.9 Å². The van der Waals surface area contributed by atoms with Crippen molar-refractivity contribution in [2.24, 2.45) is 7.05 Å². The molecule has 0 fully saturated rings. The van der Waals surface area contributed by atoms with E-state index in [1.54, 1.807) is 24.1 Å². The van der Waals surface area contributed by atoms with Gasteiger partial charge in [-0.05, 0) is 0 Å². The second-order valence-electron chi connectivity index (χ2n) is 3.11. The van der Waals surface area contributed by atoms with E-state index in [0.717, 1.165) is 0 Å². The Morgan fingerprint density at radius 1 is 1.31 bits per heavy atom. The molecule has 2 N–H and O–H groups in total. The molecule has 2 aromatic heterocycles. The second kappa shape index (κ2) is 4.39. The molecule has 0 atom stereocenters. The van der Waals surface area contributed by atoms with Gasteiger partial charge in [-0.3, -0.25) is 20.3 Å². The van der Waals surface area contributed by atoms with Gasteiger partial charge in [0.1, 0.15) is 6.33 Å². The summed E-state index contributed by atoms with van der Waals surface area (Å²) in [6.45, 7) is 0. The number of nitrogens with zero attached hydrogens (tertiary/aromatic N) is 4. The Morgan fingerprint density at radius 2 is 2.06 bits per heavy atom. The van der Waals surface area contributed by atoms with Gasteiger partial charge in [-0.15, -0.1) is 0 Å². The smallest absolute Gasteiger partial charge is 0.272 e. The van der Waals surface area contributed by atoms with Crippen molar-refractivity contribution in [2.75, 3.05) is 5.43 Å². The fraction of sp³-hybridized carbons (Fsp3) is 0.111. The maximum Gasteiger partial charge on any atom is 0.272 e. The first-order chi connectivity index (χ1) is 7.75. The van der Waals surface area contributed by atoms with Crippen LogP contribution in [0.4, 0.5) is 5.69 Å². The Balaban J connectivity index is 1.94. The monoisotopic (exact) mass is 218 g/mol. The summed E-state index contributed by atoms with van der Waals surface area (Å²) in [7, 11) is 1.79. The van der Waals surface area contributed by atoms with Gasteiger partial charge in [0, 0.05) is 25.6 Å². The van der Waals surface area contributed by atoms with Gasteiger partial charge in [-0.1, -0.05) is 0 Å². The molecule has 1 amide bonds. The third kappa shape index (κ3) is 2.32. The van der Waals surface area contributed by atoms with E-state index in [1.807, 2.05) is 0 Å². The Morgan fingerprint density at radius 3 is 2.69 bits per heavy atom. The number of carbonyl (C=O) groups excluding carboxylic acids is 1. The fourth-order valence-corrected chi connectivity index (χ4v) is 1.10. The minimum atomic E-state index is -0.301. The van der Waals surface area contributed by atoms with Crippen LogP contribution in [-0.2, 0) is 7.05 Å². The summed E-state index contributed by atoms with van der Waals surface area (Å²) in [5, 5.41) is 3.95. The van der Waals surface area contributed by atoms with Gasteiger partial charge >= 0.3 is 0 Å². The van der Waals surface area contributed by atoms with E-state index < -0.39 is 0 Å². The lowest BCUT2D eigenvalue weighted by molar-refractivity contribution is 0.0962. The van der Waals surface area contributed by atoms with Gasteiger partial charge in [0.25, 0.3) is 5.91 Å². The van der Waals surface area contributed by atoms with E-state index >= 15 is 0 Å². The molecule has 2 heterocycles. The molecule has 0 radical (unpaired) electrons. The van der Waals surface area contributed by atoms with Crippen molar-refractivity contribution in [3.63, 3.8) is 0 Å². The Bertz CT molecular complexity index is 480. The first-order valence-electron chi connectivity index (χ1n) is 4.56. The van der Waals surface area contributed by atoms with Crippen LogP contribution in [0.1, 0.15) is 10.4 Å². The summed E-state index contributed by atoms with van der Waals surface area (Å²) >= 11 is 0. The van der Waals surface area contributed by atoms with Crippen LogP contribution in [0.3, 0.4) is 0 Å². The highest BCUT2D eigenvalue weighted by Crippen LogP contribution is 2.01. The number of amides is 1. The first-order valence-corrected chi connectivity index (χ1v) is 4.56. The molecular weight excluding hydrogens is 208 g/mol. The number of aryl methyl sites for hydroxylation is 1. The van der Waals surface area contributed by atoms with Crippen LogP contribution in [-0.4, -0.2) is 25.7 Å². The zero-order valence-electron chi connectivity index (χ0n) is 8.58. The zero-order chi connectivity index (χ0) is 11.4. The van der Waals surface area contributed by atoms with E-state index in [9.17, 15) is 4.79 Å². The van der Waals surface area contributed by atoms with Gasteiger partial charge in [0.15, 0.2) is 0 Å².